The van der Waals surface area contributed by atoms with Crippen LogP contribution in [0.1, 0.15) is 35.7 Å². The molecule has 0 N–H and O–H groups in total. The van der Waals surface area contributed by atoms with Gasteiger partial charge in [0, 0.05) is 24.2 Å². The third kappa shape index (κ3) is 2.20. The molecule has 0 aromatic carbocycles. The van der Waals surface area contributed by atoms with Gasteiger partial charge in [-0.15, -0.1) is 0 Å². The lowest BCUT2D eigenvalue weighted by Gasteiger charge is -2.10. The number of fused-ring (bicyclic) bond motifs is 1. The Balaban J connectivity index is 2.00. The first-order valence-electron chi connectivity index (χ1n) is 7.22. The lowest BCUT2D eigenvalue weighted by atomic mass is 10.0. The van der Waals surface area contributed by atoms with E-state index in [2.05, 4.69) is 15.2 Å². The molecule has 1 fully saturated rings. The number of rotatable bonds is 2. The number of halogens is 3. The SMILES string of the molecule is Cc1c(-c2cc(C(F)(F)F)c3c(C4CC4)noc3n2)cnn1C. The highest BCUT2D eigenvalue weighted by atomic mass is 19.4. The predicted octanol–water partition coefficient (Wildman–Crippen LogP) is 3.83. The summed E-state index contributed by atoms with van der Waals surface area (Å²) in [5, 5.41) is 7.88. The zero-order chi connectivity index (χ0) is 16.4. The topological polar surface area (TPSA) is 56.7 Å². The molecule has 1 aliphatic rings. The molecule has 0 radical (unpaired) electrons. The summed E-state index contributed by atoms with van der Waals surface area (Å²) in [6.45, 7) is 1.78. The predicted molar refractivity (Wildman–Crippen MR) is 75.7 cm³/mol. The first kappa shape index (κ1) is 14.2. The fraction of sp³-hybridized carbons (Fsp3) is 0.400. The molecule has 5 nitrogen and oxygen atoms in total. The lowest BCUT2D eigenvalue weighted by molar-refractivity contribution is -0.136. The van der Waals surface area contributed by atoms with E-state index in [1.807, 2.05) is 0 Å². The Morgan fingerprint density at radius 2 is 2.04 bits per heavy atom. The van der Waals surface area contributed by atoms with Crippen molar-refractivity contribution < 1.29 is 17.7 Å². The molecule has 23 heavy (non-hydrogen) atoms. The molecule has 0 spiro atoms. The molecular weight excluding hydrogens is 309 g/mol. The minimum Gasteiger partial charge on any atom is -0.335 e. The van der Waals surface area contributed by atoms with E-state index >= 15 is 0 Å². The summed E-state index contributed by atoms with van der Waals surface area (Å²) < 4.78 is 47.3. The molecule has 0 unspecified atom stereocenters. The fourth-order valence-electron chi connectivity index (χ4n) is 2.72. The minimum absolute atomic E-state index is 0.00899. The molecule has 0 bridgehead atoms. The third-order valence-corrected chi connectivity index (χ3v) is 4.25. The molecule has 3 heterocycles. The van der Waals surface area contributed by atoms with Gasteiger partial charge in [0.25, 0.3) is 5.71 Å². The van der Waals surface area contributed by atoms with Gasteiger partial charge in [0.05, 0.1) is 28.5 Å². The van der Waals surface area contributed by atoms with Crippen LogP contribution in [0.15, 0.2) is 16.8 Å². The van der Waals surface area contributed by atoms with Gasteiger partial charge in [-0.3, -0.25) is 4.68 Å². The van der Waals surface area contributed by atoms with E-state index < -0.39 is 11.7 Å². The van der Waals surface area contributed by atoms with E-state index in [1.54, 1.807) is 18.7 Å². The van der Waals surface area contributed by atoms with Gasteiger partial charge < -0.3 is 4.52 Å². The zero-order valence-electron chi connectivity index (χ0n) is 12.5. The first-order valence-corrected chi connectivity index (χ1v) is 7.22. The van der Waals surface area contributed by atoms with E-state index in [-0.39, 0.29) is 22.7 Å². The normalized spacial score (nSPS) is 15.5. The Morgan fingerprint density at radius 1 is 1.30 bits per heavy atom. The zero-order valence-corrected chi connectivity index (χ0v) is 12.5. The van der Waals surface area contributed by atoms with Gasteiger partial charge in [0.2, 0.25) is 0 Å². The second kappa shape index (κ2) is 4.56. The van der Waals surface area contributed by atoms with E-state index in [0.29, 0.717) is 11.3 Å². The molecule has 0 aliphatic heterocycles. The maximum Gasteiger partial charge on any atom is 0.417 e. The summed E-state index contributed by atoms with van der Waals surface area (Å²) in [4.78, 5) is 4.24. The molecule has 8 heteroatoms. The Bertz CT molecular complexity index is 905. The van der Waals surface area contributed by atoms with Gasteiger partial charge in [-0.1, -0.05) is 5.16 Å². The monoisotopic (exact) mass is 322 g/mol. The van der Waals surface area contributed by atoms with E-state index in [9.17, 15) is 13.2 Å². The fourth-order valence-corrected chi connectivity index (χ4v) is 2.72. The minimum atomic E-state index is -4.50. The number of nitrogens with zero attached hydrogens (tertiary/aromatic N) is 4. The smallest absolute Gasteiger partial charge is 0.335 e. The Kier molecular flexibility index (Phi) is 2.82. The highest BCUT2D eigenvalue weighted by Crippen LogP contribution is 2.46. The summed E-state index contributed by atoms with van der Waals surface area (Å²) in [6, 6.07) is 1.06. The highest BCUT2D eigenvalue weighted by molar-refractivity contribution is 5.85. The summed E-state index contributed by atoms with van der Waals surface area (Å²) in [5.74, 6) is 0.0464. The maximum atomic E-state index is 13.5. The maximum absolute atomic E-state index is 13.5. The summed E-state index contributed by atoms with van der Waals surface area (Å²) >= 11 is 0. The van der Waals surface area contributed by atoms with Gasteiger partial charge in [0.1, 0.15) is 0 Å². The molecule has 0 atom stereocenters. The standard InChI is InChI=1S/C15H13F3N4O/c1-7-9(6-19-22(7)2)11-5-10(15(16,17)18)12-13(8-3-4-8)21-23-14(12)20-11/h5-6,8H,3-4H2,1-2H3. The molecule has 0 amide bonds. The van der Waals surface area contributed by atoms with Crippen LogP contribution in [-0.4, -0.2) is 19.9 Å². The van der Waals surface area contributed by atoms with Crippen molar-refractivity contribution in [3.63, 3.8) is 0 Å². The largest absolute Gasteiger partial charge is 0.417 e. The second-order valence-electron chi connectivity index (χ2n) is 5.84. The van der Waals surface area contributed by atoms with Gasteiger partial charge in [-0.2, -0.15) is 18.3 Å². The van der Waals surface area contributed by atoms with Crippen LogP contribution in [0.2, 0.25) is 0 Å². The van der Waals surface area contributed by atoms with Crippen molar-refractivity contribution in [2.45, 2.75) is 31.9 Å². The summed E-state index contributed by atoms with van der Waals surface area (Å²) in [6.07, 6.45) is -1.33. The molecule has 120 valence electrons. The molecule has 3 aromatic rings. The molecule has 4 rings (SSSR count). The quantitative estimate of drug-likeness (QED) is 0.719. The number of aromatic nitrogens is 4. The van der Waals surface area contributed by atoms with Crippen molar-refractivity contribution in [2.75, 3.05) is 0 Å². The van der Waals surface area contributed by atoms with Crippen molar-refractivity contribution in [1.29, 1.82) is 0 Å². The van der Waals surface area contributed by atoms with Crippen LogP contribution in [0.4, 0.5) is 13.2 Å². The lowest BCUT2D eigenvalue weighted by Crippen LogP contribution is -2.07. The van der Waals surface area contributed by atoms with Crippen LogP contribution in [0.3, 0.4) is 0 Å². The summed E-state index contributed by atoms with van der Waals surface area (Å²) in [7, 11) is 1.72. The third-order valence-electron chi connectivity index (χ3n) is 4.25. The number of aryl methyl sites for hydroxylation is 1. The molecule has 1 saturated carbocycles. The van der Waals surface area contributed by atoms with Crippen molar-refractivity contribution >= 4 is 11.1 Å². The average molecular weight is 322 g/mol. The van der Waals surface area contributed by atoms with Gasteiger partial charge in [-0.05, 0) is 25.8 Å². The molecular formula is C15H13F3N4O. The molecule has 0 saturated heterocycles. The number of hydrogen-bond acceptors (Lipinski definition) is 4. The first-order chi connectivity index (χ1) is 10.9. The van der Waals surface area contributed by atoms with Crippen LogP contribution in [0.25, 0.3) is 22.4 Å². The van der Waals surface area contributed by atoms with Crippen LogP contribution >= 0.6 is 0 Å². The van der Waals surface area contributed by atoms with Gasteiger partial charge in [0.15, 0.2) is 0 Å². The number of alkyl halides is 3. The van der Waals surface area contributed by atoms with E-state index in [4.69, 9.17) is 4.52 Å². The van der Waals surface area contributed by atoms with Crippen LogP contribution in [-0.2, 0) is 13.2 Å². The highest BCUT2D eigenvalue weighted by Gasteiger charge is 2.39. The van der Waals surface area contributed by atoms with E-state index in [1.165, 1.54) is 6.20 Å². The van der Waals surface area contributed by atoms with Gasteiger partial charge in [-0.25, -0.2) is 4.98 Å². The van der Waals surface area contributed by atoms with Crippen molar-refractivity contribution in [3.8, 4) is 11.3 Å². The van der Waals surface area contributed by atoms with Gasteiger partial charge >= 0.3 is 6.18 Å². The number of hydrogen-bond donors (Lipinski definition) is 0. The Labute approximate surface area is 129 Å². The van der Waals surface area contributed by atoms with Crippen LogP contribution in [0.5, 0.6) is 0 Å². The molecule has 3 aromatic heterocycles. The van der Waals surface area contributed by atoms with Crippen LogP contribution < -0.4 is 0 Å². The Morgan fingerprint density at radius 3 is 2.61 bits per heavy atom. The van der Waals surface area contributed by atoms with Crippen LogP contribution in [0, 0.1) is 6.92 Å². The average Bonchev–Trinajstić information content (AvgIpc) is 3.16. The van der Waals surface area contributed by atoms with Crippen molar-refractivity contribution in [1.82, 2.24) is 19.9 Å². The van der Waals surface area contributed by atoms with Crippen molar-refractivity contribution in [3.05, 3.63) is 29.2 Å². The summed E-state index contributed by atoms with van der Waals surface area (Å²) in [5.41, 5.74) is 1.02. The number of pyridine rings is 1. The van der Waals surface area contributed by atoms with Crippen molar-refractivity contribution in [2.24, 2.45) is 7.05 Å². The Hall–Kier alpha value is -2.38. The molecule has 1 aliphatic carbocycles. The van der Waals surface area contributed by atoms with E-state index in [0.717, 1.165) is 24.6 Å². The second-order valence-corrected chi connectivity index (χ2v) is 5.84.